The lowest BCUT2D eigenvalue weighted by Crippen LogP contribution is -2.18. The summed E-state index contributed by atoms with van der Waals surface area (Å²) in [4.78, 5) is 5.33. The van der Waals surface area contributed by atoms with Crippen molar-refractivity contribution in [2.24, 2.45) is 0 Å². The van der Waals surface area contributed by atoms with Gasteiger partial charge in [-0.05, 0) is 37.2 Å². The molecule has 0 amide bonds. The van der Waals surface area contributed by atoms with Crippen molar-refractivity contribution in [2.75, 3.05) is 6.54 Å². The van der Waals surface area contributed by atoms with Crippen molar-refractivity contribution in [1.82, 2.24) is 20.5 Å². The molecule has 0 spiro atoms. The van der Waals surface area contributed by atoms with Crippen LogP contribution in [0.5, 0.6) is 0 Å². The Morgan fingerprint density at radius 3 is 3.00 bits per heavy atom. The van der Waals surface area contributed by atoms with Gasteiger partial charge in [0.25, 0.3) is 0 Å². The van der Waals surface area contributed by atoms with Crippen molar-refractivity contribution in [3.05, 3.63) is 34.6 Å². The highest BCUT2D eigenvalue weighted by Gasteiger charge is 2.12. The Balaban J connectivity index is 2.28. The van der Waals surface area contributed by atoms with Crippen LogP contribution in [0.2, 0.25) is 0 Å². The zero-order valence-electron chi connectivity index (χ0n) is 10.3. The second kappa shape index (κ2) is 6.36. The lowest BCUT2D eigenvalue weighted by molar-refractivity contribution is 0.589. The normalized spacial score (nSPS) is 12.6. The van der Waals surface area contributed by atoms with E-state index in [2.05, 4.69) is 62.4 Å². The number of hydrogen-bond acceptors (Lipinski definition) is 4. The topological polar surface area (TPSA) is 53.6 Å². The number of aromatic nitrogens is 3. The highest BCUT2D eigenvalue weighted by Crippen LogP contribution is 2.33. The quantitative estimate of drug-likeness (QED) is 0.884. The molecule has 4 nitrogen and oxygen atoms in total. The van der Waals surface area contributed by atoms with Crippen molar-refractivity contribution < 1.29 is 0 Å². The summed E-state index contributed by atoms with van der Waals surface area (Å²) in [7, 11) is 0. The Morgan fingerprint density at radius 2 is 2.33 bits per heavy atom. The number of H-pyrrole nitrogens is 1. The Morgan fingerprint density at radius 1 is 1.50 bits per heavy atom. The van der Waals surface area contributed by atoms with Crippen LogP contribution in [0, 0.1) is 0 Å². The molecule has 96 valence electrons. The molecule has 1 unspecified atom stereocenters. The molecule has 1 atom stereocenters. The monoisotopic (exact) mass is 326 g/mol. The van der Waals surface area contributed by atoms with Crippen LogP contribution in [0.3, 0.4) is 0 Å². The largest absolute Gasteiger partial charge is 0.310 e. The molecule has 6 heteroatoms. The first-order chi connectivity index (χ1) is 8.70. The molecule has 0 bridgehead atoms. The number of aromatic amines is 1. The maximum atomic E-state index is 4.14. The van der Waals surface area contributed by atoms with E-state index in [-0.39, 0.29) is 0 Å². The van der Waals surface area contributed by atoms with Crippen molar-refractivity contribution in [1.29, 1.82) is 0 Å². The van der Waals surface area contributed by atoms with Gasteiger partial charge in [-0.3, -0.25) is 5.10 Å². The Bertz CT molecular complexity index is 501. The summed E-state index contributed by atoms with van der Waals surface area (Å²) in [6.07, 6.45) is 1.52. The zero-order valence-corrected chi connectivity index (χ0v) is 12.7. The molecule has 2 rings (SSSR count). The number of nitrogens with zero attached hydrogens (tertiary/aromatic N) is 2. The highest BCUT2D eigenvalue weighted by atomic mass is 79.9. The smallest absolute Gasteiger partial charge is 0.188 e. The molecule has 18 heavy (non-hydrogen) atoms. The van der Waals surface area contributed by atoms with E-state index < -0.39 is 0 Å². The summed E-state index contributed by atoms with van der Waals surface area (Å²) in [6.45, 7) is 5.22. The number of benzene rings is 1. The molecule has 0 aliphatic rings. The first kappa shape index (κ1) is 13.6. The van der Waals surface area contributed by atoms with Crippen molar-refractivity contribution in [2.45, 2.75) is 29.9 Å². The number of hydrogen-bond donors (Lipinski definition) is 2. The number of nitrogens with one attached hydrogen (secondary N) is 2. The van der Waals surface area contributed by atoms with Crippen LogP contribution in [0.15, 0.2) is 39.1 Å². The SMILES string of the molecule is CCNC(C)c1cc(Br)ccc1Sc1ncn[nH]1. The summed E-state index contributed by atoms with van der Waals surface area (Å²) >= 11 is 5.11. The average molecular weight is 327 g/mol. The van der Waals surface area contributed by atoms with Gasteiger partial charge in [0.1, 0.15) is 6.33 Å². The molecule has 2 aromatic rings. The molecule has 0 radical (unpaired) electrons. The van der Waals surface area contributed by atoms with Crippen LogP contribution in [-0.4, -0.2) is 21.7 Å². The van der Waals surface area contributed by atoms with E-state index in [1.165, 1.54) is 16.8 Å². The van der Waals surface area contributed by atoms with Crippen LogP contribution in [-0.2, 0) is 0 Å². The van der Waals surface area contributed by atoms with Gasteiger partial charge in [-0.15, -0.1) is 0 Å². The van der Waals surface area contributed by atoms with Crippen LogP contribution in [0.25, 0.3) is 0 Å². The molecule has 0 fully saturated rings. The minimum Gasteiger partial charge on any atom is -0.310 e. The van der Waals surface area contributed by atoms with E-state index in [1.807, 2.05) is 6.07 Å². The van der Waals surface area contributed by atoms with Crippen molar-refractivity contribution >= 4 is 27.7 Å². The van der Waals surface area contributed by atoms with Gasteiger partial charge >= 0.3 is 0 Å². The lowest BCUT2D eigenvalue weighted by atomic mass is 10.1. The summed E-state index contributed by atoms with van der Waals surface area (Å²) in [5.74, 6) is 0. The predicted molar refractivity (Wildman–Crippen MR) is 76.7 cm³/mol. The zero-order chi connectivity index (χ0) is 13.0. The van der Waals surface area contributed by atoms with Crippen molar-refractivity contribution in [3.8, 4) is 0 Å². The van der Waals surface area contributed by atoms with Gasteiger partial charge in [-0.25, -0.2) is 4.98 Å². The summed E-state index contributed by atoms with van der Waals surface area (Å²) in [6, 6.07) is 6.59. The maximum Gasteiger partial charge on any atom is 0.188 e. The molecule has 0 saturated heterocycles. The predicted octanol–water partition coefficient (Wildman–Crippen LogP) is 3.39. The van der Waals surface area contributed by atoms with E-state index in [4.69, 9.17) is 0 Å². The van der Waals surface area contributed by atoms with Crippen LogP contribution >= 0.6 is 27.7 Å². The molecular weight excluding hydrogens is 312 g/mol. The first-order valence-electron chi connectivity index (χ1n) is 5.76. The molecule has 1 heterocycles. The molecule has 0 aliphatic carbocycles. The minimum atomic E-state index is 0.304. The van der Waals surface area contributed by atoms with E-state index in [1.54, 1.807) is 11.8 Å². The lowest BCUT2D eigenvalue weighted by Gasteiger charge is -2.16. The third-order valence-corrected chi connectivity index (χ3v) is 4.02. The molecule has 2 N–H and O–H groups in total. The van der Waals surface area contributed by atoms with Gasteiger partial charge in [0, 0.05) is 15.4 Å². The molecule has 1 aromatic heterocycles. The van der Waals surface area contributed by atoms with E-state index >= 15 is 0 Å². The Kier molecular flexibility index (Phi) is 4.79. The third-order valence-electron chi connectivity index (χ3n) is 2.55. The second-order valence-corrected chi connectivity index (χ2v) is 5.80. The second-order valence-electron chi connectivity index (χ2n) is 3.85. The molecular formula is C12H15BrN4S. The maximum absolute atomic E-state index is 4.14. The van der Waals surface area contributed by atoms with Gasteiger partial charge in [-0.2, -0.15) is 5.10 Å². The summed E-state index contributed by atoms with van der Waals surface area (Å²) in [5, 5.41) is 11.0. The van der Waals surface area contributed by atoms with E-state index in [0.29, 0.717) is 6.04 Å². The van der Waals surface area contributed by atoms with Gasteiger partial charge < -0.3 is 5.32 Å². The first-order valence-corrected chi connectivity index (χ1v) is 7.37. The fourth-order valence-electron chi connectivity index (χ4n) is 1.71. The third kappa shape index (κ3) is 3.34. The number of halogens is 1. The highest BCUT2D eigenvalue weighted by molar-refractivity contribution is 9.10. The van der Waals surface area contributed by atoms with Gasteiger partial charge in [-0.1, -0.05) is 34.6 Å². The fraction of sp³-hybridized carbons (Fsp3) is 0.333. The van der Waals surface area contributed by atoms with Gasteiger partial charge in [0.2, 0.25) is 0 Å². The van der Waals surface area contributed by atoms with E-state index in [9.17, 15) is 0 Å². The average Bonchev–Trinajstić information content (AvgIpc) is 2.84. The van der Waals surface area contributed by atoms with Gasteiger partial charge in [0.05, 0.1) is 0 Å². The summed E-state index contributed by atoms with van der Waals surface area (Å²) < 4.78 is 1.09. The molecule has 0 aliphatic heterocycles. The van der Waals surface area contributed by atoms with Crippen molar-refractivity contribution in [3.63, 3.8) is 0 Å². The minimum absolute atomic E-state index is 0.304. The van der Waals surface area contributed by atoms with E-state index in [0.717, 1.165) is 16.2 Å². The Labute approximate surface area is 119 Å². The van der Waals surface area contributed by atoms with Crippen LogP contribution in [0.4, 0.5) is 0 Å². The Hall–Kier alpha value is -0.850. The van der Waals surface area contributed by atoms with Gasteiger partial charge in [0.15, 0.2) is 5.16 Å². The number of rotatable bonds is 5. The van der Waals surface area contributed by atoms with Crippen LogP contribution in [0.1, 0.15) is 25.5 Å². The fourth-order valence-corrected chi connectivity index (χ4v) is 2.99. The van der Waals surface area contributed by atoms with Crippen LogP contribution < -0.4 is 5.32 Å². The molecule has 0 saturated carbocycles. The molecule has 1 aromatic carbocycles. The standard InChI is InChI=1S/C12H15BrN4S/c1-3-14-8(2)10-6-9(13)4-5-11(10)18-12-15-7-16-17-12/h4-8,14H,3H2,1-2H3,(H,15,16,17). The summed E-state index contributed by atoms with van der Waals surface area (Å²) in [5.41, 5.74) is 1.26.